The molecular weight excluding hydrogens is 352 g/mol. The Morgan fingerprint density at radius 1 is 0.593 bits per heavy atom. The van der Waals surface area contributed by atoms with Gasteiger partial charge < -0.3 is 0 Å². The van der Waals surface area contributed by atoms with E-state index in [0.717, 1.165) is 32.1 Å². The summed E-state index contributed by atoms with van der Waals surface area (Å²) >= 11 is 0. The summed E-state index contributed by atoms with van der Waals surface area (Å²) in [5.41, 5.74) is -1.41. The number of rotatable bonds is 0. The quantitative estimate of drug-likeness (QED) is 0.584. The lowest BCUT2D eigenvalue weighted by Gasteiger charge is -2.59. The lowest BCUT2D eigenvalue weighted by atomic mass is 9.59. The molecule has 4 bridgehead atoms. The number of hydrogen-bond donors (Lipinski definition) is 0. The van der Waals surface area contributed by atoms with Crippen molar-refractivity contribution in [3.8, 4) is 0 Å². The van der Waals surface area contributed by atoms with E-state index in [2.05, 4.69) is 0 Å². The van der Waals surface area contributed by atoms with Crippen LogP contribution in [-0.4, -0.2) is 27.9 Å². The third-order valence-corrected chi connectivity index (χ3v) is 8.71. The van der Waals surface area contributed by atoms with Gasteiger partial charge in [0, 0.05) is 24.9 Å². The average Bonchev–Trinajstić information content (AvgIpc) is 3.35. The predicted molar refractivity (Wildman–Crippen MR) is 92.0 cm³/mol. The Kier molecular flexibility index (Phi) is 2.00. The third kappa shape index (κ3) is 1.07. The Balaban J connectivity index is 1.61. The summed E-state index contributed by atoms with van der Waals surface area (Å²) in [6.45, 7) is 0. The van der Waals surface area contributed by atoms with Crippen molar-refractivity contribution < 1.29 is 0 Å². The van der Waals surface area contributed by atoms with Crippen LogP contribution in [-0.2, 0) is 14.1 Å². The minimum absolute atomic E-state index is 0.0762. The van der Waals surface area contributed by atoms with Gasteiger partial charge in [-0.15, -0.1) is 0 Å². The van der Waals surface area contributed by atoms with E-state index in [1.165, 1.54) is 23.2 Å². The summed E-state index contributed by atoms with van der Waals surface area (Å²) in [4.78, 5) is 51.2. The molecule has 2 aromatic rings. The molecule has 4 aliphatic heterocycles. The molecule has 6 atom stereocenters. The minimum atomic E-state index is -0.260. The largest absolute Gasteiger partial charge is 0.347 e. The second-order valence-corrected chi connectivity index (χ2v) is 9.10. The molecule has 10 nitrogen and oxygen atoms in total. The molecule has 3 aliphatic carbocycles. The van der Waals surface area contributed by atoms with Crippen LogP contribution < -0.4 is 22.8 Å². The molecule has 0 aromatic carbocycles. The lowest BCUT2D eigenvalue weighted by Crippen LogP contribution is -2.62. The molecule has 0 N–H and O–H groups in total. The zero-order valence-corrected chi connectivity index (χ0v) is 15.2. The molecule has 27 heavy (non-hydrogen) atoms. The SMILES string of the molecule is Cn1c(=O)n2n(c1=O)[C@@H]1CC[C@H]2C23CC12[C@@H]1CC[C@H]3n2c(=O)n(C)c(=O)n21. The fourth-order valence-corrected chi connectivity index (χ4v) is 7.90. The molecule has 0 saturated heterocycles. The highest BCUT2D eigenvalue weighted by Crippen LogP contribution is 2.89. The van der Waals surface area contributed by atoms with Crippen LogP contribution >= 0.6 is 0 Å². The van der Waals surface area contributed by atoms with E-state index >= 15 is 0 Å². The molecule has 2 aromatic heterocycles. The number of fused-ring (bicyclic) bond motifs is 2. The van der Waals surface area contributed by atoms with Gasteiger partial charge >= 0.3 is 22.8 Å². The van der Waals surface area contributed by atoms with Crippen LogP contribution in [0.5, 0.6) is 0 Å². The Labute approximate surface area is 151 Å². The zero-order chi connectivity index (χ0) is 18.6. The summed E-state index contributed by atoms with van der Waals surface area (Å²) in [5.74, 6) is 0. The first kappa shape index (κ1) is 14.5. The van der Waals surface area contributed by atoms with Crippen molar-refractivity contribution in [2.75, 3.05) is 0 Å². The molecule has 10 heteroatoms. The van der Waals surface area contributed by atoms with Crippen LogP contribution in [0, 0.1) is 10.8 Å². The Hall–Kier alpha value is -2.52. The maximum atomic E-state index is 12.8. The first-order valence-electron chi connectivity index (χ1n) is 9.68. The monoisotopic (exact) mass is 372 g/mol. The minimum Gasteiger partial charge on any atom is -0.246 e. The van der Waals surface area contributed by atoms with Gasteiger partial charge in [0.1, 0.15) is 0 Å². The predicted octanol–water partition coefficient (Wildman–Crippen LogP) is -1.13. The smallest absolute Gasteiger partial charge is 0.246 e. The first-order valence-corrected chi connectivity index (χ1v) is 9.68. The van der Waals surface area contributed by atoms with E-state index in [-0.39, 0.29) is 57.8 Å². The Bertz CT molecular complexity index is 1120. The van der Waals surface area contributed by atoms with E-state index in [4.69, 9.17) is 0 Å². The van der Waals surface area contributed by atoms with Crippen LogP contribution in [0.15, 0.2) is 19.2 Å². The van der Waals surface area contributed by atoms with Gasteiger partial charge in [0.25, 0.3) is 0 Å². The second-order valence-electron chi connectivity index (χ2n) is 9.10. The van der Waals surface area contributed by atoms with Gasteiger partial charge in [-0.05, 0) is 32.1 Å². The van der Waals surface area contributed by atoms with Gasteiger partial charge in [0.15, 0.2) is 0 Å². The van der Waals surface area contributed by atoms with Gasteiger partial charge in [-0.3, -0.25) is 0 Å². The molecule has 6 heterocycles. The van der Waals surface area contributed by atoms with Crippen molar-refractivity contribution in [2.45, 2.75) is 56.3 Å². The highest BCUT2D eigenvalue weighted by molar-refractivity contribution is 5.35. The van der Waals surface area contributed by atoms with E-state index in [9.17, 15) is 19.2 Å². The molecule has 7 aliphatic rings. The van der Waals surface area contributed by atoms with E-state index in [0.29, 0.717) is 0 Å². The van der Waals surface area contributed by atoms with Crippen molar-refractivity contribution in [1.82, 2.24) is 27.9 Å². The van der Waals surface area contributed by atoms with E-state index in [1.54, 1.807) is 18.7 Å². The summed E-state index contributed by atoms with van der Waals surface area (Å²) in [6.07, 6.45) is 4.30. The van der Waals surface area contributed by atoms with Crippen molar-refractivity contribution >= 4 is 0 Å². The van der Waals surface area contributed by atoms with E-state index < -0.39 is 0 Å². The Morgan fingerprint density at radius 3 is 1.11 bits per heavy atom. The normalized spacial score (nSPS) is 41.9. The maximum absolute atomic E-state index is 12.8. The van der Waals surface area contributed by atoms with Crippen LogP contribution in [0.2, 0.25) is 0 Å². The van der Waals surface area contributed by atoms with Crippen LogP contribution in [0.3, 0.4) is 0 Å². The summed E-state index contributed by atoms with van der Waals surface area (Å²) in [5, 5.41) is 0. The molecule has 3 fully saturated rings. The number of hydrogen-bond acceptors (Lipinski definition) is 4. The molecule has 3 saturated carbocycles. The molecule has 0 spiro atoms. The van der Waals surface area contributed by atoms with Crippen molar-refractivity contribution in [2.24, 2.45) is 24.9 Å². The van der Waals surface area contributed by atoms with Gasteiger partial charge in [-0.2, -0.15) is 0 Å². The lowest BCUT2D eigenvalue weighted by molar-refractivity contribution is -0.110. The van der Waals surface area contributed by atoms with E-state index in [1.807, 2.05) is 0 Å². The van der Waals surface area contributed by atoms with Crippen LogP contribution in [0.1, 0.15) is 56.3 Å². The fraction of sp³-hybridized carbons (Fsp3) is 0.765. The van der Waals surface area contributed by atoms with Gasteiger partial charge in [0.05, 0.1) is 24.2 Å². The maximum Gasteiger partial charge on any atom is 0.347 e. The Morgan fingerprint density at radius 2 is 0.852 bits per heavy atom. The zero-order valence-electron chi connectivity index (χ0n) is 15.2. The first-order chi connectivity index (χ1) is 12.9. The average molecular weight is 372 g/mol. The highest BCUT2D eigenvalue weighted by atomic mass is 16.2. The van der Waals surface area contributed by atoms with Gasteiger partial charge in [-0.1, -0.05) is 0 Å². The standard InChI is InChI=1S/C17H20N6O4/c1-18-12(24)20-8-3-4-9(21(20)13(18)25)17-7-16(8,17)10-5-6-11(17)23-15(27)19(2)14(26)22(10)23/h8-11H,3-7H2,1-2H3/t8-,9+,10+,11-,16?,17?. The highest BCUT2D eigenvalue weighted by Gasteiger charge is 2.87. The van der Waals surface area contributed by atoms with Crippen LogP contribution in [0.25, 0.3) is 0 Å². The number of aromatic nitrogens is 6. The van der Waals surface area contributed by atoms with Crippen LogP contribution in [0.4, 0.5) is 0 Å². The van der Waals surface area contributed by atoms with Gasteiger partial charge in [0.2, 0.25) is 0 Å². The van der Waals surface area contributed by atoms with Gasteiger partial charge in [-0.25, -0.2) is 47.0 Å². The van der Waals surface area contributed by atoms with Crippen molar-refractivity contribution in [3.05, 3.63) is 41.9 Å². The third-order valence-electron chi connectivity index (χ3n) is 8.71. The molecular formula is C17H20N6O4. The fourth-order valence-electron chi connectivity index (χ4n) is 7.90. The molecule has 2 unspecified atom stereocenters. The molecule has 142 valence electrons. The second kappa shape index (κ2) is 3.72. The summed E-state index contributed by atoms with van der Waals surface area (Å²) in [7, 11) is 3.07. The topological polar surface area (TPSA) is 97.9 Å². The molecule has 0 amide bonds. The summed E-state index contributed by atoms with van der Waals surface area (Å²) < 4.78 is 9.11. The summed E-state index contributed by atoms with van der Waals surface area (Å²) in [6, 6.07) is -0.305. The van der Waals surface area contributed by atoms with Crippen molar-refractivity contribution in [3.63, 3.8) is 0 Å². The number of nitrogens with zero attached hydrogens (tertiary/aromatic N) is 6. The van der Waals surface area contributed by atoms with Crippen molar-refractivity contribution in [1.29, 1.82) is 0 Å². The molecule has 0 radical (unpaired) electrons. The molecule has 9 rings (SSSR count).